The SMILES string of the molecule is COc1ccc(COCC(=O)COCc2ccc(OC)cc2)cc1. The molecule has 0 saturated carbocycles. The second-order valence-corrected chi connectivity index (χ2v) is 5.22. The fourth-order valence-electron chi connectivity index (χ4n) is 2.05. The van der Waals surface area contributed by atoms with E-state index in [9.17, 15) is 4.79 Å². The second-order valence-electron chi connectivity index (χ2n) is 5.22. The van der Waals surface area contributed by atoms with E-state index in [-0.39, 0.29) is 19.0 Å². The van der Waals surface area contributed by atoms with Crippen LogP contribution in [-0.4, -0.2) is 33.2 Å². The van der Waals surface area contributed by atoms with Gasteiger partial charge in [-0.2, -0.15) is 0 Å². The first-order valence-electron chi connectivity index (χ1n) is 7.64. The minimum absolute atomic E-state index is 0.0364. The van der Waals surface area contributed by atoms with Gasteiger partial charge >= 0.3 is 0 Å². The summed E-state index contributed by atoms with van der Waals surface area (Å²) in [7, 11) is 3.24. The highest BCUT2D eigenvalue weighted by atomic mass is 16.5. The smallest absolute Gasteiger partial charge is 0.184 e. The van der Waals surface area contributed by atoms with Gasteiger partial charge in [-0.25, -0.2) is 0 Å². The molecular formula is C19H22O5. The molecule has 0 atom stereocenters. The quantitative estimate of drug-likeness (QED) is 0.670. The molecule has 0 aliphatic heterocycles. The Balaban J connectivity index is 1.62. The summed E-state index contributed by atoms with van der Waals surface area (Å²) in [5.41, 5.74) is 1.98. The molecule has 0 radical (unpaired) electrons. The monoisotopic (exact) mass is 330 g/mol. The maximum absolute atomic E-state index is 11.7. The van der Waals surface area contributed by atoms with Gasteiger partial charge in [0.1, 0.15) is 24.7 Å². The van der Waals surface area contributed by atoms with Crippen molar-refractivity contribution in [1.29, 1.82) is 0 Å². The third-order valence-electron chi connectivity index (χ3n) is 3.38. The van der Waals surface area contributed by atoms with Crippen molar-refractivity contribution in [2.45, 2.75) is 13.2 Å². The number of ether oxygens (including phenoxy) is 4. The Morgan fingerprint density at radius 2 is 1.08 bits per heavy atom. The molecule has 0 saturated heterocycles. The van der Waals surface area contributed by atoms with Crippen LogP contribution in [0, 0.1) is 0 Å². The second kappa shape index (κ2) is 9.70. The van der Waals surface area contributed by atoms with Crippen molar-refractivity contribution in [2.75, 3.05) is 27.4 Å². The highest BCUT2D eigenvalue weighted by Crippen LogP contribution is 2.13. The fraction of sp³-hybridized carbons (Fsp3) is 0.316. The topological polar surface area (TPSA) is 54.0 Å². The van der Waals surface area contributed by atoms with Crippen molar-refractivity contribution in [3.05, 3.63) is 59.7 Å². The first-order valence-corrected chi connectivity index (χ1v) is 7.64. The predicted octanol–water partition coefficient (Wildman–Crippen LogP) is 3.01. The Labute approximate surface area is 142 Å². The molecule has 5 heteroatoms. The third kappa shape index (κ3) is 6.02. The fourth-order valence-corrected chi connectivity index (χ4v) is 2.05. The average molecular weight is 330 g/mol. The molecular weight excluding hydrogens is 308 g/mol. The molecule has 2 aromatic carbocycles. The molecule has 128 valence electrons. The Morgan fingerprint density at radius 3 is 1.42 bits per heavy atom. The summed E-state index contributed by atoms with van der Waals surface area (Å²) >= 11 is 0. The van der Waals surface area contributed by atoms with Crippen molar-refractivity contribution >= 4 is 5.78 Å². The van der Waals surface area contributed by atoms with E-state index in [1.54, 1.807) is 14.2 Å². The highest BCUT2D eigenvalue weighted by Gasteiger charge is 2.04. The lowest BCUT2D eigenvalue weighted by Gasteiger charge is -2.07. The lowest BCUT2D eigenvalue weighted by Crippen LogP contribution is -2.15. The van der Waals surface area contributed by atoms with Gasteiger partial charge in [0.05, 0.1) is 27.4 Å². The van der Waals surface area contributed by atoms with E-state index < -0.39 is 0 Å². The van der Waals surface area contributed by atoms with Crippen LogP contribution in [-0.2, 0) is 27.5 Å². The van der Waals surface area contributed by atoms with Crippen molar-refractivity contribution in [2.24, 2.45) is 0 Å². The molecule has 24 heavy (non-hydrogen) atoms. The van der Waals surface area contributed by atoms with E-state index in [0.717, 1.165) is 22.6 Å². The molecule has 0 amide bonds. The zero-order valence-corrected chi connectivity index (χ0v) is 14.0. The van der Waals surface area contributed by atoms with E-state index in [0.29, 0.717) is 13.2 Å². The normalized spacial score (nSPS) is 10.4. The molecule has 2 aromatic rings. The van der Waals surface area contributed by atoms with Gasteiger partial charge in [-0.15, -0.1) is 0 Å². The van der Waals surface area contributed by atoms with Crippen LogP contribution in [0.15, 0.2) is 48.5 Å². The lowest BCUT2D eigenvalue weighted by molar-refractivity contribution is -0.129. The molecule has 0 unspecified atom stereocenters. The maximum Gasteiger partial charge on any atom is 0.184 e. The first kappa shape index (κ1) is 18.0. The number of hydrogen-bond acceptors (Lipinski definition) is 5. The molecule has 2 rings (SSSR count). The van der Waals surface area contributed by atoms with Gasteiger partial charge in [-0.3, -0.25) is 4.79 Å². The van der Waals surface area contributed by atoms with Crippen LogP contribution in [0.1, 0.15) is 11.1 Å². The van der Waals surface area contributed by atoms with Crippen molar-refractivity contribution in [3.8, 4) is 11.5 Å². The highest BCUT2D eigenvalue weighted by molar-refractivity contribution is 5.80. The van der Waals surface area contributed by atoms with E-state index >= 15 is 0 Å². The number of Topliss-reactive ketones (excluding diaryl/α,β-unsaturated/α-hetero) is 1. The maximum atomic E-state index is 11.7. The van der Waals surface area contributed by atoms with Crippen LogP contribution in [0.5, 0.6) is 11.5 Å². The van der Waals surface area contributed by atoms with Gasteiger partial charge in [0.25, 0.3) is 0 Å². The van der Waals surface area contributed by atoms with E-state index in [1.807, 2.05) is 48.5 Å². The number of ketones is 1. The third-order valence-corrected chi connectivity index (χ3v) is 3.38. The van der Waals surface area contributed by atoms with Crippen LogP contribution in [0.2, 0.25) is 0 Å². The Hall–Kier alpha value is -2.37. The van der Waals surface area contributed by atoms with Crippen LogP contribution >= 0.6 is 0 Å². The largest absolute Gasteiger partial charge is 0.497 e. The molecule has 0 heterocycles. The summed E-state index contributed by atoms with van der Waals surface area (Å²) in [5, 5.41) is 0. The van der Waals surface area contributed by atoms with Crippen LogP contribution in [0.4, 0.5) is 0 Å². The predicted molar refractivity (Wildman–Crippen MR) is 90.3 cm³/mol. The molecule has 0 aliphatic carbocycles. The zero-order chi connectivity index (χ0) is 17.2. The first-order chi connectivity index (χ1) is 11.7. The molecule has 0 N–H and O–H groups in total. The summed E-state index contributed by atoms with van der Waals surface area (Å²) < 4.78 is 21.0. The number of carbonyl (C=O) groups excluding carboxylic acids is 1. The summed E-state index contributed by atoms with van der Waals surface area (Å²) in [5.74, 6) is 1.50. The van der Waals surface area contributed by atoms with E-state index in [1.165, 1.54) is 0 Å². The lowest BCUT2D eigenvalue weighted by atomic mass is 10.2. The molecule has 0 aliphatic rings. The molecule has 0 bridgehead atoms. The van der Waals surface area contributed by atoms with Crippen LogP contribution < -0.4 is 9.47 Å². The number of benzene rings is 2. The van der Waals surface area contributed by atoms with Gasteiger partial charge in [-0.1, -0.05) is 24.3 Å². The summed E-state index contributed by atoms with van der Waals surface area (Å²) in [4.78, 5) is 11.7. The van der Waals surface area contributed by atoms with Gasteiger partial charge in [0.2, 0.25) is 0 Å². The van der Waals surface area contributed by atoms with E-state index in [2.05, 4.69) is 0 Å². The molecule has 0 aromatic heterocycles. The van der Waals surface area contributed by atoms with Crippen molar-refractivity contribution in [3.63, 3.8) is 0 Å². The zero-order valence-electron chi connectivity index (χ0n) is 14.0. The van der Waals surface area contributed by atoms with Gasteiger partial charge < -0.3 is 18.9 Å². The Kier molecular flexibility index (Phi) is 7.26. The van der Waals surface area contributed by atoms with Crippen molar-refractivity contribution in [1.82, 2.24) is 0 Å². The average Bonchev–Trinajstić information content (AvgIpc) is 2.63. The standard InChI is InChI=1S/C19H22O5/c1-21-18-7-3-15(4-8-18)11-23-13-17(20)14-24-12-16-5-9-19(22-2)10-6-16/h3-10H,11-14H2,1-2H3. The van der Waals surface area contributed by atoms with Gasteiger partial charge in [0.15, 0.2) is 5.78 Å². The molecule has 0 fully saturated rings. The van der Waals surface area contributed by atoms with Crippen LogP contribution in [0.3, 0.4) is 0 Å². The summed E-state index contributed by atoms with van der Waals surface area (Å²) in [6, 6.07) is 15.1. The molecule has 0 spiro atoms. The molecule has 5 nitrogen and oxygen atoms in total. The summed E-state index contributed by atoms with van der Waals surface area (Å²) in [6.45, 7) is 0.839. The Bertz CT molecular complexity index is 564. The number of carbonyl (C=O) groups is 1. The van der Waals surface area contributed by atoms with Crippen LogP contribution in [0.25, 0.3) is 0 Å². The van der Waals surface area contributed by atoms with E-state index in [4.69, 9.17) is 18.9 Å². The van der Waals surface area contributed by atoms with Crippen molar-refractivity contribution < 1.29 is 23.7 Å². The summed E-state index contributed by atoms with van der Waals surface area (Å²) in [6.07, 6.45) is 0. The minimum Gasteiger partial charge on any atom is -0.497 e. The number of rotatable bonds is 10. The minimum atomic E-state index is -0.0861. The van der Waals surface area contributed by atoms with Gasteiger partial charge in [0, 0.05) is 0 Å². The number of methoxy groups -OCH3 is 2. The van der Waals surface area contributed by atoms with Gasteiger partial charge in [-0.05, 0) is 35.4 Å². The number of hydrogen-bond donors (Lipinski definition) is 0. The Morgan fingerprint density at radius 1 is 0.708 bits per heavy atom.